The number of hydrogen-bond acceptors (Lipinski definition) is 3. The van der Waals surface area contributed by atoms with Crippen LogP contribution in [0.3, 0.4) is 0 Å². The van der Waals surface area contributed by atoms with E-state index in [4.69, 9.17) is 4.74 Å². The molecule has 1 aliphatic rings. The average Bonchev–Trinajstić information content (AvgIpc) is 3.51. The molecule has 1 N–H and O–H groups in total. The van der Waals surface area contributed by atoms with Crippen LogP contribution in [0.1, 0.15) is 28.9 Å². The molecule has 0 aliphatic heterocycles. The number of nitrogens with one attached hydrogen (secondary N) is 1. The van der Waals surface area contributed by atoms with Crippen LogP contribution in [0.25, 0.3) is 10.8 Å². The van der Waals surface area contributed by atoms with Gasteiger partial charge in [-0.2, -0.15) is 0 Å². The number of nitrogens with zero attached hydrogens (tertiary/aromatic N) is 1. The third kappa shape index (κ3) is 3.20. The van der Waals surface area contributed by atoms with E-state index in [1.165, 1.54) is 0 Å². The Bertz CT molecular complexity index is 1000. The number of aromatic amines is 1. The minimum Gasteiger partial charge on any atom is -0.497 e. The number of aromatic nitrogens is 1. The van der Waals surface area contributed by atoms with Gasteiger partial charge in [-0.1, -0.05) is 30.3 Å². The van der Waals surface area contributed by atoms with E-state index in [9.17, 15) is 9.59 Å². The standard InChI is InChI=1S/C21H20N2O3/c1-26-17-10-6-14(7-11-17)13-23(16-8-9-16)21(25)19-12-15-4-2-3-5-18(15)20(24)22-19/h2-7,10-12,16H,8-9,13H2,1H3,(H,22,24). The summed E-state index contributed by atoms with van der Waals surface area (Å²) in [7, 11) is 1.63. The van der Waals surface area contributed by atoms with Crippen molar-refractivity contribution in [3.05, 3.63) is 76.2 Å². The Morgan fingerprint density at radius 1 is 1.15 bits per heavy atom. The molecule has 1 fully saturated rings. The number of rotatable bonds is 5. The summed E-state index contributed by atoms with van der Waals surface area (Å²) in [6.07, 6.45) is 2.00. The number of carbonyl (C=O) groups is 1. The largest absolute Gasteiger partial charge is 0.497 e. The van der Waals surface area contributed by atoms with Crippen LogP contribution < -0.4 is 10.3 Å². The van der Waals surface area contributed by atoms with Gasteiger partial charge >= 0.3 is 0 Å². The van der Waals surface area contributed by atoms with Crippen LogP contribution in [-0.2, 0) is 6.54 Å². The van der Waals surface area contributed by atoms with Gasteiger partial charge in [0, 0.05) is 18.0 Å². The molecular formula is C21H20N2O3. The number of hydrogen-bond donors (Lipinski definition) is 1. The van der Waals surface area contributed by atoms with Gasteiger partial charge in [0.15, 0.2) is 0 Å². The lowest BCUT2D eigenvalue weighted by molar-refractivity contribution is 0.0724. The van der Waals surface area contributed by atoms with Crippen molar-refractivity contribution in [3.63, 3.8) is 0 Å². The number of fused-ring (bicyclic) bond motifs is 1. The summed E-state index contributed by atoms with van der Waals surface area (Å²) in [5.74, 6) is 0.656. The molecule has 5 heteroatoms. The van der Waals surface area contributed by atoms with E-state index in [-0.39, 0.29) is 17.5 Å². The van der Waals surface area contributed by atoms with E-state index in [0.29, 0.717) is 17.6 Å². The van der Waals surface area contributed by atoms with Crippen LogP contribution in [0.4, 0.5) is 0 Å². The van der Waals surface area contributed by atoms with Crippen molar-refractivity contribution >= 4 is 16.7 Å². The molecule has 0 radical (unpaired) electrons. The first-order valence-electron chi connectivity index (χ1n) is 8.71. The molecule has 5 nitrogen and oxygen atoms in total. The fourth-order valence-corrected chi connectivity index (χ4v) is 3.16. The SMILES string of the molecule is COc1ccc(CN(C(=O)c2cc3ccccc3c(=O)[nH]2)C2CC2)cc1. The molecule has 1 amide bonds. The van der Waals surface area contributed by atoms with Gasteiger partial charge in [-0.3, -0.25) is 9.59 Å². The summed E-state index contributed by atoms with van der Waals surface area (Å²) in [5, 5.41) is 1.37. The molecule has 1 heterocycles. The molecule has 3 aromatic rings. The Balaban J connectivity index is 1.64. The monoisotopic (exact) mass is 348 g/mol. The van der Waals surface area contributed by atoms with Gasteiger partial charge in [-0.25, -0.2) is 0 Å². The van der Waals surface area contributed by atoms with Crippen molar-refractivity contribution in [2.45, 2.75) is 25.4 Å². The number of ether oxygens (including phenoxy) is 1. The Hall–Kier alpha value is -3.08. The maximum atomic E-state index is 13.1. The Morgan fingerprint density at radius 2 is 1.88 bits per heavy atom. The zero-order valence-corrected chi connectivity index (χ0v) is 14.6. The Morgan fingerprint density at radius 3 is 2.58 bits per heavy atom. The zero-order valence-electron chi connectivity index (χ0n) is 14.6. The van der Waals surface area contributed by atoms with Crippen molar-refractivity contribution in [1.82, 2.24) is 9.88 Å². The minimum atomic E-state index is -0.230. The molecule has 0 saturated heterocycles. The maximum absolute atomic E-state index is 13.1. The highest BCUT2D eigenvalue weighted by Crippen LogP contribution is 2.30. The molecule has 2 aromatic carbocycles. The van der Waals surface area contributed by atoms with Gasteiger partial charge < -0.3 is 14.6 Å². The molecule has 0 atom stereocenters. The number of amides is 1. The number of H-pyrrole nitrogens is 1. The van der Waals surface area contributed by atoms with E-state index in [2.05, 4.69) is 4.98 Å². The quantitative estimate of drug-likeness (QED) is 0.769. The van der Waals surface area contributed by atoms with Crippen molar-refractivity contribution in [2.75, 3.05) is 7.11 Å². The van der Waals surface area contributed by atoms with E-state index < -0.39 is 0 Å². The lowest BCUT2D eigenvalue weighted by Crippen LogP contribution is -2.34. The van der Waals surface area contributed by atoms with Crippen molar-refractivity contribution in [1.29, 1.82) is 0 Å². The topological polar surface area (TPSA) is 62.4 Å². The van der Waals surface area contributed by atoms with Crippen LogP contribution in [0.2, 0.25) is 0 Å². The molecule has 0 bridgehead atoms. The average molecular weight is 348 g/mol. The summed E-state index contributed by atoms with van der Waals surface area (Å²) in [5.41, 5.74) is 1.15. The third-order valence-electron chi connectivity index (χ3n) is 4.74. The highest BCUT2D eigenvalue weighted by atomic mass is 16.5. The van der Waals surface area contributed by atoms with Crippen molar-refractivity contribution in [3.8, 4) is 5.75 Å². The van der Waals surface area contributed by atoms with Crippen LogP contribution in [0.15, 0.2) is 59.4 Å². The normalized spacial score (nSPS) is 13.6. The van der Waals surface area contributed by atoms with Gasteiger partial charge in [0.05, 0.1) is 7.11 Å². The van der Waals surface area contributed by atoms with Crippen LogP contribution in [0.5, 0.6) is 5.75 Å². The highest BCUT2D eigenvalue weighted by Gasteiger charge is 2.33. The van der Waals surface area contributed by atoms with Crippen molar-refractivity contribution < 1.29 is 9.53 Å². The maximum Gasteiger partial charge on any atom is 0.270 e. The Labute approximate surface area is 151 Å². The summed E-state index contributed by atoms with van der Waals surface area (Å²) in [4.78, 5) is 30.0. The number of pyridine rings is 1. The summed E-state index contributed by atoms with van der Waals surface area (Å²) in [6, 6.07) is 17.0. The molecule has 1 aliphatic carbocycles. The smallest absolute Gasteiger partial charge is 0.270 e. The lowest BCUT2D eigenvalue weighted by atomic mass is 10.1. The number of benzene rings is 2. The van der Waals surface area contributed by atoms with Crippen molar-refractivity contribution in [2.24, 2.45) is 0 Å². The van der Waals surface area contributed by atoms with Crippen LogP contribution in [0, 0.1) is 0 Å². The van der Waals surface area contributed by atoms with E-state index in [1.54, 1.807) is 19.2 Å². The highest BCUT2D eigenvalue weighted by molar-refractivity contribution is 5.96. The van der Waals surface area contributed by atoms with E-state index in [1.807, 2.05) is 47.4 Å². The molecular weight excluding hydrogens is 328 g/mol. The van der Waals surface area contributed by atoms with Gasteiger partial charge in [0.25, 0.3) is 11.5 Å². The summed E-state index contributed by atoms with van der Waals surface area (Å²) in [6.45, 7) is 0.516. The minimum absolute atomic E-state index is 0.133. The first-order chi connectivity index (χ1) is 12.7. The summed E-state index contributed by atoms with van der Waals surface area (Å²) >= 11 is 0. The molecule has 132 valence electrons. The lowest BCUT2D eigenvalue weighted by Gasteiger charge is -2.22. The fourth-order valence-electron chi connectivity index (χ4n) is 3.16. The fraction of sp³-hybridized carbons (Fsp3) is 0.238. The third-order valence-corrected chi connectivity index (χ3v) is 4.74. The predicted molar refractivity (Wildman–Crippen MR) is 100 cm³/mol. The first kappa shape index (κ1) is 16.4. The zero-order chi connectivity index (χ0) is 18.1. The second-order valence-corrected chi connectivity index (χ2v) is 6.61. The Kier molecular flexibility index (Phi) is 4.21. The van der Waals surface area contributed by atoms with Crippen LogP contribution in [-0.4, -0.2) is 28.9 Å². The summed E-state index contributed by atoms with van der Waals surface area (Å²) < 4.78 is 5.18. The van der Waals surface area contributed by atoms with E-state index in [0.717, 1.165) is 29.5 Å². The number of methoxy groups -OCH3 is 1. The van der Waals surface area contributed by atoms with Gasteiger partial charge in [-0.05, 0) is 48.1 Å². The van der Waals surface area contributed by atoms with Gasteiger partial charge in [-0.15, -0.1) is 0 Å². The molecule has 1 saturated carbocycles. The molecule has 0 spiro atoms. The van der Waals surface area contributed by atoms with Gasteiger partial charge in [0.2, 0.25) is 0 Å². The molecule has 1 aromatic heterocycles. The molecule has 26 heavy (non-hydrogen) atoms. The second kappa shape index (κ2) is 6.67. The first-order valence-corrected chi connectivity index (χ1v) is 8.71. The molecule has 4 rings (SSSR count). The van der Waals surface area contributed by atoms with E-state index >= 15 is 0 Å². The van der Waals surface area contributed by atoms with Gasteiger partial charge in [0.1, 0.15) is 11.4 Å². The van der Waals surface area contributed by atoms with Crippen LogP contribution >= 0.6 is 0 Å². The second-order valence-electron chi connectivity index (χ2n) is 6.61. The predicted octanol–water partition coefficient (Wildman–Crippen LogP) is 3.34. The molecule has 0 unspecified atom stereocenters. The number of carbonyl (C=O) groups excluding carboxylic acids is 1.